The van der Waals surface area contributed by atoms with Gasteiger partial charge in [0.1, 0.15) is 0 Å². The molecule has 2 fully saturated rings. The van der Waals surface area contributed by atoms with Crippen LogP contribution < -0.4 is 0 Å². The van der Waals surface area contributed by atoms with Crippen LogP contribution in [0.25, 0.3) is 0 Å². The second kappa shape index (κ2) is 5.74. The summed E-state index contributed by atoms with van der Waals surface area (Å²) < 4.78 is 5.91. The largest absolute Gasteiger partial charge is 0.376 e. The van der Waals surface area contributed by atoms with Crippen LogP contribution in [0.1, 0.15) is 31.4 Å². The number of rotatable bonds is 5. The van der Waals surface area contributed by atoms with Gasteiger partial charge in [0.05, 0.1) is 12.5 Å². The second-order valence-electron chi connectivity index (χ2n) is 5.64. The Kier molecular flexibility index (Phi) is 3.82. The lowest BCUT2D eigenvalue weighted by Gasteiger charge is -2.32. The highest BCUT2D eigenvalue weighted by molar-refractivity contribution is 5.78. The van der Waals surface area contributed by atoms with Gasteiger partial charge in [-0.1, -0.05) is 0 Å². The van der Waals surface area contributed by atoms with E-state index in [0.717, 1.165) is 44.1 Å². The predicted molar refractivity (Wildman–Crippen MR) is 70.6 cm³/mol. The first kappa shape index (κ1) is 12.7. The van der Waals surface area contributed by atoms with Gasteiger partial charge in [-0.25, -0.2) is 0 Å². The SMILES string of the molecule is O=C(Cc1ccn[nH]1)N1CCCC(OCC2CC2)C1. The average molecular weight is 263 g/mol. The van der Waals surface area contributed by atoms with Crippen molar-refractivity contribution in [3.63, 3.8) is 0 Å². The van der Waals surface area contributed by atoms with Gasteiger partial charge in [0.25, 0.3) is 0 Å². The average Bonchev–Trinajstić information content (AvgIpc) is 3.13. The van der Waals surface area contributed by atoms with Crippen molar-refractivity contribution in [1.82, 2.24) is 15.1 Å². The summed E-state index contributed by atoms with van der Waals surface area (Å²) in [7, 11) is 0. The van der Waals surface area contributed by atoms with E-state index < -0.39 is 0 Å². The van der Waals surface area contributed by atoms with Gasteiger partial charge in [0.15, 0.2) is 0 Å². The maximum Gasteiger partial charge on any atom is 0.228 e. The van der Waals surface area contributed by atoms with Gasteiger partial charge < -0.3 is 9.64 Å². The molecule has 1 atom stereocenters. The molecule has 1 amide bonds. The number of likely N-dealkylation sites (tertiary alicyclic amines) is 1. The predicted octanol–water partition coefficient (Wildman–Crippen LogP) is 1.37. The van der Waals surface area contributed by atoms with Gasteiger partial charge in [-0.2, -0.15) is 5.10 Å². The molecule has 0 aromatic carbocycles. The van der Waals surface area contributed by atoms with Crippen molar-refractivity contribution in [1.29, 1.82) is 0 Å². The van der Waals surface area contributed by atoms with Crippen molar-refractivity contribution in [2.45, 2.75) is 38.2 Å². The van der Waals surface area contributed by atoms with Crippen LogP contribution in [0.3, 0.4) is 0 Å². The molecule has 5 nitrogen and oxygen atoms in total. The van der Waals surface area contributed by atoms with Crippen LogP contribution >= 0.6 is 0 Å². The number of ether oxygens (including phenoxy) is 1. The molecule has 2 aliphatic rings. The lowest BCUT2D eigenvalue weighted by molar-refractivity contribution is -0.134. The fourth-order valence-electron chi connectivity index (χ4n) is 2.52. The number of hydrogen-bond acceptors (Lipinski definition) is 3. The first-order valence-corrected chi connectivity index (χ1v) is 7.19. The molecular formula is C14H21N3O2. The Bertz CT molecular complexity index is 414. The normalized spacial score (nSPS) is 23.6. The van der Waals surface area contributed by atoms with Crippen LogP contribution in [-0.4, -0.2) is 46.8 Å². The summed E-state index contributed by atoms with van der Waals surface area (Å²) in [6.45, 7) is 2.49. The molecule has 1 aliphatic carbocycles. The lowest BCUT2D eigenvalue weighted by atomic mass is 10.1. The minimum Gasteiger partial charge on any atom is -0.376 e. The Labute approximate surface area is 113 Å². The summed E-state index contributed by atoms with van der Waals surface area (Å²) >= 11 is 0. The molecule has 3 rings (SSSR count). The van der Waals surface area contributed by atoms with Gasteiger partial charge in [-0.05, 0) is 37.7 Å². The van der Waals surface area contributed by atoms with Crippen molar-refractivity contribution in [3.8, 4) is 0 Å². The maximum absolute atomic E-state index is 12.2. The number of aromatic nitrogens is 2. The Balaban J connectivity index is 1.47. The highest BCUT2D eigenvalue weighted by atomic mass is 16.5. The van der Waals surface area contributed by atoms with Gasteiger partial charge in [-0.3, -0.25) is 9.89 Å². The van der Waals surface area contributed by atoms with E-state index in [1.807, 2.05) is 11.0 Å². The van der Waals surface area contributed by atoms with Crippen LogP contribution in [0.15, 0.2) is 12.3 Å². The molecule has 1 aromatic rings. The molecule has 1 N–H and O–H groups in total. The highest BCUT2D eigenvalue weighted by Crippen LogP contribution is 2.30. The summed E-state index contributed by atoms with van der Waals surface area (Å²) in [5.41, 5.74) is 0.881. The fourth-order valence-corrected chi connectivity index (χ4v) is 2.52. The molecule has 1 unspecified atom stereocenters. The van der Waals surface area contributed by atoms with E-state index in [2.05, 4.69) is 10.2 Å². The zero-order chi connectivity index (χ0) is 13.1. The van der Waals surface area contributed by atoms with E-state index in [9.17, 15) is 4.79 Å². The topological polar surface area (TPSA) is 58.2 Å². The van der Waals surface area contributed by atoms with E-state index in [1.165, 1.54) is 12.8 Å². The van der Waals surface area contributed by atoms with E-state index in [0.29, 0.717) is 6.42 Å². The molecule has 0 spiro atoms. The minimum atomic E-state index is 0.170. The van der Waals surface area contributed by atoms with Gasteiger partial charge >= 0.3 is 0 Å². The van der Waals surface area contributed by atoms with Crippen molar-refractivity contribution in [2.75, 3.05) is 19.7 Å². The number of hydrogen-bond donors (Lipinski definition) is 1. The van der Waals surface area contributed by atoms with Crippen LogP contribution in [0.5, 0.6) is 0 Å². The number of aromatic amines is 1. The number of amides is 1. The Morgan fingerprint density at radius 3 is 3.11 bits per heavy atom. The molecule has 0 radical (unpaired) electrons. The standard InChI is InChI=1S/C14H21N3O2/c18-14(8-12-5-6-15-16-12)17-7-1-2-13(9-17)19-10-11-3-4-11/h5-6,11,13H,1-4,7-10H2,(H,15,16). The summed E-state index contributed by atoms with van der Waals surface area (Å²) in [5, 5.41) is 6.71. The Morgan fingerprint density at radius 2 is 2.37 bits per heavy atom. The van der Waals surface area contributed by atoms with Crippen LogP contribution in [0, 0.1) is 5.92 Å². The molecule has 1 aliphatic heterocycles. The van der Waals surface area contributed by atoms with Crippen molar-refractivity contribution in [3.05, 3.63) is 18.0 Å². The third-order valence-electron chi connectivity index (χ3n) is 3.90. The van der Waals surface area contributed by atoms with Gasteiger partial charge in [-0.15, -0.1) is 0 Å². The summed E-state index contributed by atoms with van der Waals surface area (Å²) in [6.07, 6.45) is 7.09. The number of carbonyl (C=O) groups is 1. The van der Waals surface area contributed by atoms with Crippen molar-refractivity contribution in [2.24, 2.45) is 5.92 Å². The summed E-state index contributed by atoms with van der Waals surface area (Å²) in [4.78, 5) is 14.1. The summed E-state index contributed by atoms with van der Waals surface area (Å²) in [5.74, 6) is 0.958. The van der Waals surface area contributed by atoms with Crippen LogP contribution in [-0.2, 0) is 16.0 Å². The monoisotopic (exact) mass is 263 g/mol. The second-order valence-corrected chi connectivity index (χ2v) is 5.64. The van der Waals surface area contributed by atoms with E-state index >= 15 is 0 Å². The molecule has 0 bridgehead atoms. The number of carbonyl (C=O) groups excluding carboxylic acids is 1. The first-order chi connectivity index (χ1) is 9.31. The number of piperidine rings is 1. The summed E-state index contributed by atoms with van der Waals surface area (Å²) in [6, 6.07) is 1.85. The van der Waals surface area contributed by atoms with Crippen LogP contribution in [0.2, 0.25) is 0 Å². The number of nitrogens with zero attached hydrogens (tertiary/aromatic N) is 2. The molecule has 1 aromatic heterocycles. The third-order valence-corrected chi connectivity index (χ3v) is 3.90. The highest BCUT2D eigenvalue weighted by Gasteiger charge is 2.27. The Morgan fingerprint density at radius 1 is 1.47 bits per heavy atom. The fraction of sp³-hybridized carbons (Fsp3) is 0.714. The van der Waals surface area contributed by atoms with E-state index in [-0.39, 0.29) is 12.0 Å². The smallest absolute Gasteiger partial charge is 0.228 e. The molecule has 104 valence electrons. The molecule has 2 heterocycles. The lowest BCUT2D eigenvalue weighted by Crippen LogP contribution is -2.44. The number of nitrogens with one attached hydrogen (secondary N) is 1. The zero-order valence-corrected chi connectivity index (χ0v) is 11.2. The van der Waals surface area contributed by atoms with E-state index in [1.54, 1.807) is 6.20 Å². The molecule has 5 heteroatoms. The number of H-pyrrole nitrogens is 1. The molecular weight excluding hydrogens is 242 g/mol. The van der Waals surface area contributed by atoms with Crippen molar-refractivity contribution < 1.29 is 9.53 Å². The molecule has 1 saturated heterocycles. The minimum absolute atomic E-state index is 0.170. The first-order valence-electron chi connectivity index (χ1n) is 7.19. The van der Waals surface area contributed by atoms with Gasteiger partial charge in [0.2, 0.25) is 5.91 Å². The maximum atomic E-state index is 12.2. The zero-order valence-electron chi connectivity index (χ0n) is 11.2. The molecule has 1 saturated carbocycles. The van der Waals surface area contributed by atoms with E-state index in [4.69, 9.17) is 4.74 Å². The van der Waals surface area contributed by atoms with Crippen LogP contribution in [0.4, 0.5) is 0 Å². The van der Waals surface area contributed by atoms with Gasteiger partial charge in [0, 0.05) is 31.6 Å². The Hall–Kier alpha value is -1.36. The molecule has 19 heavy (non-hydrogen) atoms. The van der Waals surface area contributed by atoms with Crippen molar-refractivity contribution >= 4 is 5.91 Å². The third kappa shape index (κ3) is 3.56. The quantitative estimate of drug-likeness (QED) is 0.873.